The number of hydrogen-bond donors (Lipinski definition) is 1. The van der Waals surface area contributed by atoms with Crippen molar-refractivity contribution < 1.29 is 4.79 Å². The van der Waals surface area contributed by atoms with Gasteiger partial charge in [-0.1, -0.05) is 24.3 Å². The molecule has 0 unspecified atom stereocenters. The Morgan fingerprint density at radius 3 is 2.59 bits per heavy atom. The SMILES string of the molecule is CN(C)C(=O)Nc1ccccc1-c1cccs1. The standard InChI is InChI=1S/C13H14N2OS/c1-15(2)13(16)14-11-7-4-3-6-10(11)12-8-5-9-17-12/h3-9H,1-2H3,(H,14,16). The van der Waals surface area contributed by atoms with Crippen molar-refractivity contribution in [3.8, 4) is 10.4 Å². The van der Waals surface area contributed by atoms with Gasteiger partial charge in [-0.25, -0.2) is 4.79 Å². The van der Waals surface area contributed by atoms with Gasteiger partial charge < -0.3 is 10.2 Å². The fourth-order valence-corrected chi connectivity index (χ4v) is 2.23. The van der Waals surface area contributed by atoms with E-state index in [-0.39, 0.29) is 6.03 Å². The summed E-state index contributed by atoms with van der Waals surface area (Å²) in [4.78, 5) is 14.3. The number of benzene rings is 1. The average molecular weight is 246 g/mol. The summed E-state index contributed by atoms with van der Waals surface area (Å²) in [6, 6.07) is 11.8. The summed E-state index contributed by atoms with van der Waals surface area (Å²) in [5.41, 5.74) is 1.89. The van der Waals surface area contributed by atoms with Crippen LogP contribution in [0.25, 0.3) is 10.4 Å². The number of hydrogen-bond acceptors (Lipinski definition) is 2. The number of para-hydroxylation sites is 1. The lowest BCUT2D eigenvalue weighted by Gasteiger charge is -2.14. The van der Waals surface area contributed by atoms with Crippen LogP contribution in [0.3, 0.4) is 0 Å². The van der Waals surface area contributed by atoms with Crippen molar-refractivity contribution in [2.24, 2.45) is 0 Å². The van der Waals surface area contributed by atoms with Gasteiger partial charge >= 0.3 is 6.03 Å². The van der Waals surface area contributed by atoms with Gasteiger partial charge in [-0.2, -0.15) is 0 Å². The van der Waals surface area contributed by atoms with Crippen molar-refractivity contribution in [3.05, 3.63) is 41.8 Å². The molecule has 0 spiro atoms. The van der Waals surface area contributed by atoms with Gasteiger partial charge in [-0.3, -0.25) is 0 Å². The highest BCUT2D eigenvalue weighted by molar-refractivity contribution is 7.13. The second kappa shape index (κ2) is 5.01. The van der Waals surface area contributed by atoms with Crippen LogP contribution in [-0.4, -0.2) is 25.0 Å². The minimum Gasteiger partial charge on any atom is -0.331 e. The van der Waals surface area contributed by atoms with Gasteiger partial charge in [0.1, 0.15) is 0 Å². The number of nitrogens with zero attached hydrogens (tertiary/aromatic N) is 1. The number of carbonyl (C=O) groups excluding carboxylic acids is 1. The predicted molar refractivity (Wildman–Crippen MR) is 72.5 cm³/mol. The molecular weight excluding hydrogens is 232 g/mol. The normalized spacial score (nSPS) is 10.0. The van der Waals surface area contributed by atoms with Crippen molar-refractivity contribution >= 4 is 23.1 Å². The number of carbonyl (C=O) groups is 1. The summed E-state index contributed by atoms with van der Waals surface area (Å²) in [5, 5.41) is 4.92. The molecule has 2 rings (SSSR count). The molecule has 4 heteroatoms. The molecule has 0 aliphatic heterocycles. The van der Waals surface area contributed by atoms with E-state index in [2.05, 4.69) is 5.32 Å². The molecule has 0 atom stereocenters. The molecule has 0 aliphatic rings. The van der Waals surface area contributed by atoms with E-state index in [4.69, 9.17) is 0 Å². The lowest BCUT2D eigenvalue weighted by atomic mass is 10.1. The number of amides is 2. The molecule has 0 saturated heterocycles. The first-order valence-electron chi connectivity index (χ1n) is 5.29. The van der Waals surface area contributed by atoms with Crippen molar-refractivity contribution in [2.75, 3.05) is 19.4 Å². The van der Waals surface area contributed by atoms with Crippen molar-refractivity contribution in [1.29, 1.82) is 0 Å². The van der Waals surface area contributed by atoms with E-state index in [1.807, 2.05) is 41.8 Å². The topological polar surface area (TPSA) is 32.3 Å². The summed E-state index contributed by atoms with van der Waals surface area (Å²) >= 11 is 1.66. The Hall–Kier alpha value is -1.81. The van der Waals surface area contributed by atoms with E-state index in [1.165, 1.54) is 4.90 Å². The number of urea groups is 1. The van der Waals surface area contributed by atoms with E-state index >= 15 is 0 Å². The van der Waals surface area contributed by atoms with Crippen LogP contribution in [0.15, 0.2) is 41.8 Å². The second-order valence-corrected chi connectivity index (χ2v) is 4.80. The third-order valence-corrected chi connectivity index (χ3v) is 3.26. The summed E-state index contributed by atoms with van der Waals surface area (Å²) < 4.78 is 0. The Balaban J connectivity index is 2.32. The summed E-state index contributed by atoms with van der Waals surface area (Å²) in [6.45, 7) is 0. The predicted octanol–water partition coefficient (Wildman–Crippen LogP) is 3.51. The first-order chi connectivity index (χ1) is 8.18. The zero-order valence-corrected chi connectivity index (χ0v) is 10.6. The van der Waals surface area contributed by atoms with Gasteiger partial charge in [-0.15, -0.1) is 11.3 Å². The molecule has 1 aromatic carbocycles. The first-order valence-corrected chi connectivity index (χ1v) is 6.17. The van der Waals surface area contributed by atoms with Crippen LogP contribution < -0.4 is 5.32 Å². The molecule has 17 heavy (non-hydrogen) atoms. The number of anilines is 1. The largest absolute Gasteiger partial charge is 0.331 e. The molecule has 3 nitrogen and oxygen atoms in total. The number of nitrogens with one attached hydrogen (secondary N) is 1. The molecule has 0 bridgehead atoms. The van der Waals surface area contributed by atoms with E-state index in [9.17, 15) is 4.79 Å². The van der Waals surface area contributed by atoms with Gasteiger partial charge in [-0.05, 0) is 17.5 Å². The van der Waals surface area contributed by atoms with Crippen molar-refractivity contribution in [2.45, 2.75) is 0 Å². The van der Waals surface area contributed by atoms with E-state index in [0.29, 0.717) is 0 Å². The van der Waals surface area contributed by atoms with Crippen LogP contribution in [0.5, 0.6) is 0 Å². The van der Waals surface area contributed by atoms with Gasteiger partial charge in [0.25, 0.3) is 0 Å². The number of rotatable bonds is 2. The van der Waals surface area contributed by atoms with Crippen molar-refractivity contribution in [3.63, 3.8) is 0 Å². The number of thiophene rings is 1. The zero-order chi connectivity index (χ0) is 12.3. The third-order valence-electron chi connectivity index (χ3n) is 2.36. The smallest absolute Gasteiger partial charge is 0.321 e. The zero-order valence-electron chi connectivity index (χ0n) is 9.81. The van der Waals surface area contributed by atoms with Gasteiger partial charge in [0, 0.05) is 24.5 Å². The summed E-state index contributed by atoms with van der Waals surface area (Å²) in [7, 11) is 3.45. The monoisotopic (exact) mass is 246 g/mol. The molecule has 2 amide bonds. The maximum absolute atomic E-state index is 11.7. The van der Waals surface area contributed by atoms with E-state index < -0.39 is 0 Å². The molecule has 2 aromatic rings. The molecule has 0 radical (unpaired) electrons. The maximum Gasteiger partial charge on any atom is 0.321 e. The quantitative estimate of drug-likeness (QED) is 0.864. The lowest BCUT2D eigenvalue weighted by Crippen LogP contribution is -2.27. The highest BCUT2D eigenvalue weighted by Crippen LogP contribution is 2.31. The Morgan fingerprint density at radius 2 is 1.94 bits per heavy atom. The molecule has 1 heterocycles. The minimum absolute atomic E-state index is 0.117. The Labute approximate surface area is 105 Å². The lowest BCUT2D eigenvalue weighted by molar-refractivity contribution is 0.230. The van der Waals surface area contributed by atoms with Crippen LogP contribution in [0.4, 0.5) is 10.5 Å². The van der Waals surface area contributed by atoms with Gasteiger partial charge in [0.2, 0.25) is 0 Å². The second-order valence-electron chi connectivity index (χ2n) is 3.85. The fraction of sp³-hybridized carbons (Fsp3) is 0.154. The van der Waals surface area contributed by atoms with Crippen LogP contribution in [0, 0.1) is 0 Å². The molecule has 0 saturated carbocycles. The van der Waals surface area contributed by atoms with Crippen LogP contribution >= 0.6 is 11.3 Å². The third kappa shape index (κ3) is 2.65. The summed E-state index contributed by atoms with van der Waals surface area (Å²) in [6.07, 6.45) is 0. The van der Waals surface area contributed by atoms with Crippen LogP contribution in [0.1, 0.15) is 0 Å². The van der Waals surface area contributed by atoms with Gasteiger partial charge in [0.05, 0.1) is 5.69 Å². The molecule has 0 fully saturated rings. The summed E-state index contributed by atoms with van der Waals surface area (Å²) in [5.74, 6) is 0. The maximum atomic E-state index is 11.7. The average Bonchev–Trinajstić information content (AvgIpc) is 2.83. The minimum atomic E-state index is -0.117. The Bertz CT molecular complexity index is 506. The van der Waals surface area contributed by atoms with E-state index in [0.717, 1.165) is 16.1 Å². The Morgan fingerprint density at radius 1 is 1.18 bits per heavy atom. The van der Waals surface area contributed by atoms with Crippen molar-refractivity contribution in [1.82, 2.24) is 4.90 Å². The first kappa shape index (κ1) is 11.7. The van der Waals surface area contributed by atoms with Gasteiger partial charge in [0.15, 0.2) is 0 Å². The Kier molecular flexibility index (Phi) is 3.44. The highest BCUT2D eigenvalue weighted by Gasteiger charge is 2.09. The molecular formula is C13H14N2OS. The molecule has 1 aromatic heterocycles. The molecule has 0 aliphatic carbocycles. The highest BCUT2D eigenvalue weighted by atomic mass is 32.1. The fourth-order valence-electron chi connectivity index (χ4n) is 1.47. The van der Waals surface area contributed by atoms with Crippen LogP contribution in [-0.2, 0) is 0 Å². The van der Waals surface area contributed by atoms with Crippen LogP contribution in [0.2, 0.25) is 0 Å². The molecule has 1 N–H and O–H groups in total. The molecule has 88 valence electrons. The van der Waals surface area contributed by atoms with E-state index in [1.54, 1.807) is 25.4 Å².